The number of aryl methyl sites for hydroxylation is 1. The monoisotopic (exact) mass is 399 g/mol. The number of benzene rings is 2. The van der Waals surface area contributed by atoms with Crippen LogP contribution in [0.4, 0.5) is 0 Å². The molecule has 0 fully saturated rings. The van der Waals surface area contributed by atoms with Crippen molar-refractivity contribution in [2.24, 2.45) is 0 Å². The Morgan fingerprint density at radius 3 is 2.56 bits per heavy atom. The van der Waals surface area contributed by atoms with E-state index >= 15 is 0 Å². The van der Waals surface area contributed by atoms with E-state index in [1.54, 1.807) is 47.4 Å². The maximum Gasteiger partial charge on any atom is 0.291 e. The van der Waals surface area contributed by atoms with Gasteiger partial charge >= 0.3 is 0 Å². The highest BCUT2D eigenvalue weighted by molar-refractivity contribution is 6.32. The summed E-state index contributed by atoms with van der Waals surface area (Å²) in [5, 5.41) is 1.41. The third-order valence-electron chi connectivity index (χ3n) is 4.76. The zero-order valence-corrected chi connectivity index (χ0v) is 16.0. The van der Waals surface area contributed by atoms with Crippen LogP contribution in [0.5, 0.6) is 0 Å². The highest BCUT2D eigenvalue weighted by atomic mass is 35.5. The van der Waals surface area contributed by atoms with Gasteiger partial charge in [-0.2, -0.15) is 0 Å². The minimum atomic E-state index is -0.566. The molecule has 0 spiro atoms. The molecule has 0 saturated carbocycles. The number of rotatable bonds is 3. The first kappa shape index (κ1) is 17.8. The molecule has 0 bridgehead atoms. The van der Waals surface area contributed by atoms with Gasteiger partial charge in [-0.05, 0) is 42.3 Å². The molecule has 1 aliphatic heterocycles. The highest BCUT2D eigenvalue weighted by Crippen LogP contribution is 2.38. The summed E-state index contributed by atoms with van der Waals surface area (Å²) in [7, 11) is 0. The van der Waals surface area contributed by atoms with Gasteiger partial charge in [0.15, 0.2) is 5.43 Å². The van der Waals surface area contributed by atoms with Crippen molar-refractivity contribution >= 4 is 40.1 Å². The van der Waals surface area contributed by atoms with E-state index in [1.165, 1.54) is 0 Å². The number of hydrogen-bond acceptors (Lipinski definition) is 3. The molecular formula is C21H15Cl2NO3. The third kappa shape index (κ3) is 2.76. The second kappa shape index (κ2) is 6.55. The van der Waals surface area contributed by atoms with Crippen molar-refractivity contribution in [1.29, 1.82) is 0 Å². The summed E-state index contributed by atoms with van der Waals surface area (Å²) in [5.41, 5.74) is 1.96. The molecule has 4 nitrogen and oxygen atoms in total. The Balaban J connectivity index is 2.03. The van der Waals surface area contributed by atoms with Crippen LogP contribution in [-0.2, 0) is 0 Å². The zero-order chi connectivity index (χ0) is 19.3. The molecule has 4 rings (SSSR count). The minimum Gasteiger partial charge on any atom is -0.450 e. The molecule has 136 valence electrons. The molecule has 1 aliphatic rings. The summed E-state index contributed by atoms with van der Waals surface area (Å²) in [5.74, 6) is -0.271. The summed E-state index contributed by atoms with van der Waals surface area (Å²) >= 11 is 12.2. The van der Waals surface area contributed by atoms with Crippen LogP contribution in [0.25, 0.3) is 11.0 Å². The first-order valence-electron chi connectivity index (χ1n) is 8.36. The Kier molecular flexibility index (Phi) is 4.33. The first-order valence-corrected chi connectivity index (χ1v) is 9.12. The second-order valence-electron chi connectivity index (χ2n) is 6.47. The van der Waals surface area contributed by atoms with E-state index < -0.39 is 6.04 Å². The van der Waals surface area contributed by atoms with Crippen LogP contribution in [0.2, 0.25) is 10.0 Å². The average Bonchev–Trinajstić information content (AvgIpc) is 2.91. The standard InChI is InChI=1S/C21H15Cl2NO3/c1-3-8-24-18(12-4-6-13(22)7-5-12)17-19(25)14-10-15(23)11(2)9-16(14)27-20(17)21(24)26/h3-7,9-10,18H,1,8H2,2H3. The van der Waals surface area contributed by atoms with Gasteiger partial charge in [0.2, 0.25) is 5.76 Å². The van der Waals surface area contributed by atoms with Crippen LogP contribution in [0.3, 0.4) is 0 Å². The van der Waals surface area contributed by atoms with Crippen LogP contribution in [0.15, 0.2) is 58.3 Å². The number of carbonyl (C=O) groups is 1. The average molecular weight is 400 g/mol. The van der Waals surface area contributed by atoms with Gasteiger partial charge in [-0.1, -0.05) is 41.4 Å². The lowest BCUT2D eigenvalue weighted by Gasteiger charge is -2.23. The van der Waals surface area contributed by atoms with E-state index in [2.05, 4.69) is 6.58 Å². The summed E-state index contributed by atoms with van der Waals surface area (Å²) in [6, 6.07) is 9.78. The lowest BCUT2D eigenvalue weighted by atomic mass is 9.98. The van der Waals surface area contributed by atoms with E-state index in [0.29, 0.717) is 26.6 Å². The molecule has 0 aliphatic carbocycles. The normalized spacial score (nSPS) is 16.0. The Morgan fingerprint density at radius 2 is 1.89 bits per heavy atom. The van der Waals surface area contributed by atoms with Crippen molar-refractivity contribution in [3.05, 3.63) is 91.8 Å². The Labute approximate surface area is 165 Å². The fourth-order valence-electron chi connectivity index (χ4n) is 3.46. The number of amides is 1. The lowest BCUT2D eigenvalue weighted by Crippen LogP contribution is -2.29. The number of carbonyl (C=O) groups excluding carboxylic acids is 1. The van der Waals surface area contributed by atoms with Gasteiger partial charge in [0.25, 0.3) is 5.91 Å². The smallest absolute Gasteiger partial charge is 0.291 e. The molecule has 27 heavy (non-hydrogen) atoms. The number of nitrogens with zero attached hydrogens (tertiary/aromatic N) is 1. The van der Waals surface area contributed by atoms with Crippen LogP contribution >= 0.6 is 23.2 Å². The predicted octanol–water partition coefficient (Wildman–Crippen LogP) is 5.14. The molecule has 1 atom stereocenters. The molecule has 1 unspecified atom stereocenters. The molecule has 1 amide bonds. The van der Waals surface area contributed by atoms with E-state index in [0.717, 1.165) is 11.1 Å². The van der Waals surface area contributed by atoms with Crippen LogP contribution < -0.4 is 5.43 Å². The van der Waals surface area contributed by atoms with Gasteiger partial charge in [0.1, 0.15) is 5.58 Å². The first-order chi connectivity index (χ1) is 12.9. The highest BCUT2D eigenvalue weighted by Gasteiger charge is 2.42. The fraction of sp³-hybridized carbons (Fsp3) is 0.143. The molecule has 2 heterocycles. The van der Waals surface area contributed by atoms with Gasteiger partial charge in [0.05, 0.1) is 17.0 Å². The maximum atomic E-state index is 13.3. The third-order valence-corrected chi connectivity index (χ3v) is 5.42. The Hall–Kier alpha value is -2.56. The van der Waals surface area contributed by atoms with E-state index in [-0.39, 0.29) is 23.6 Å². The summed E-state index contributed by atoms with van der Waals surface area (Å²) in [6.45, 7) is 5.82. The van der Waals surface area contributed by atoms with Crippen LogP contribution in [0, 0.1) is 6.92 Å². The van der Waals surface area contributed by atoms with E-state index in [9.17, 15) is 9.59 Å². The number of hydrogen-bond donors (Lipinski definition) is 0. The van der Waals surface area contributed by atoms with E-state index in [1.807, 2.05) is 6.92 Å². The zero-order valence-electron chi connectivity index (χ0n) is 14.5. The Bertz CT molecular complexity index is 1150. The minimum absolute atomic E-state index is 0.0658. The molecule has 0 saturated heterocycles. The maximum absolute atomic E-state index is 13.3. The predicted molar refractivity (Wildman–Crippen MR) is 107 cm³/mol. The van der Waals surface area contributed by atoms with Gasteiger partial charge in [0, 0.05) is 16.6 Å². The van der Waals surface area contributed by atoms with Crippen molar-refractivity contribution in [2.45, 2.75) is 13.0 Å². The van der Waals surface area contributed by atoms with Crippen molar-refractivity contribution in [2.75, 3.05) is 6.54 Å². The molecule has 0 radical (unpaired) electrons. The topological polar surface area (TPSA) is 50.5 Å². The van der Waals surface area contributed by atoms with Crippen molar-refractivity contribution in [3.8, 4) is 0 Å². The summed E-state index contributed by atoms with van der Waals surface area (Å²) in [6.07, 6.45) is 1.62. The quantitative estimate of drug-likeness (QED) is 0.572. The molecule has 2 aromatic carbocycles. The van der Waals surface area contributed by atoms with Crippen molar-refractivity contribution in [3.63, 3.8) is 0 Å². The fourth-order valence-corrected chi connectivity index (χ4v) is 3.75. The van der Waals surface area contributed by atoms with Crippen molar-refractivity contribution < 1.29 is 9.21 Å². The van der Waals surface area contributed by atoms with Gasteiger partial charge < -0.3 is 9.32 Å². The van der Waals surface area contributed by atoms with Crippen LogP contribution in [-0.4, -0.2) is 17.4 Å². The van der Waals surface area contributed by atoms with Gasteiger partial charge in [-0.25, -0.2) is 0 Å². The number of fused-ring (bicyclic) bond motifs is 2. The van der Waals surface area contributed by atoms with Crippen molar-refractivity contribution in [1.82, 2.24) is 4.90 Å². The second-order valence-corrected chi connectivity index (χ2v) is 7.32. The largest absolute Gasteiger partial charge is 0.450 e. The molecule has 1 aromatic heterocycles. The van der Waals surface area contributed by atoms with Crippen LogP contribution in [0.1, 0.15) is 33.3 Å². The molecule has 0 N–H and O–H groups in total. The van der Waals surface area contributed by atoms with E-state index in [4.69, 9.17) is 27.6 Å². The molecule has 6 heteroatoms. The lowest BCUT2D eigenvalue weighted by molar-refractivity contribution is 0.0748. The SMILES string of the molecule is C=CCN1C(=O)c2oc3cc(C)c(Cl)cc3c(=O)c2C1c1ccc(Cl)cc1. The summed E-state index contributed by atoms with van der Waals surface area (Å²) < 4.78 is 5.87. The molecular weight excluding hydrogens is 385 g/mol. The van der Waals surface area contributed by atoms with Gasteiger partial charge in [-0.3, -0.25) is 9.59 Å². The number of halogens is 2. The van der Waals surface area contributed by atoms with Gasteiger partial charge in [-0.15, -0.1) is 6.58 Å². The summed E-state index contributed by atoms with van der Waals surface area (Å²) in [4.78, 5) is 27.8. The molecule has 3 aromatic rings. The Morgan fingerprint density at radius 1 is 1.19 bits per heavy atom.